The first kappa shape index (κ1) is 24.8. The van der Waals surface area contributed by atoms with Crippen molar-refractivity contribution in [3.05, 3.63) is 71.8 Å². The van der Waals surface area contributed by atoms with Gasteiger partial charge in [-0.25, -0.2) is 0 Å². The van der Waals surface area contributed by atoms with E-state index < -0.39 is 25.1 Å². The second-order valence-corrected chi connectivity index (χ2v) is 8.99. The van der Waals surface area contributed by atoms with Crippen molar-refractivity contribution in [2.45, 2.75) is 39.0 Å². The van der Waals surface area contributed by atoms with Crippen molar-refractivity contribution in [2.75, 3.05) is 19.8 Å². The fraction of sp³-hybridized carbons (Fsp3) is 0.391. The Hall–Kier alpha value is -2.47. The first-order valence-electron chi connectivity index (χ1n) is 10.4. The van der Waals surface area contributed by atoms with Gasteiger partial charge in [-0.1, -0.05) is 60.7 Å². The van der Waals surface area contributed by atoms with E-state index in [0.717, 1.165) is 11.1 Å². The highest BCUT2D eigenvalue weighted by atomic mass is 31.2. The monoisotopic (exact) mass is 447 g/mol. The Morgan fingerprint density at radius 3 is 2.00 bits per heavy atom. The second-order valence-electron chi connectivity index (χ2n) is 6.77. The Kier molecular flexibility index (Phi) is 10.4. The molecule has 31 heavy (non-hydrogen) atoms. The van der Waals surface area contributed by atoms with Gasteiger partial charge in [0.2, 0.25) is 5.91 Å². The molecule has 168 valence electrons. The minimum Gasteiger partial charge on any atom is -0.461 e. The summed E-state index contributed by atoms with van der Waals surface area (Å²) in [7, 11) is -3.70. The van der Waals surface area contributed by atoms with E-state index in [9.17, 15) is 14.2 Å². The van der Waals surface area contributed by atoms with E-state index in [1.807, 2.05) is 60.7 Å². The Morgan fingerprint density at radius 2 is 1.45 bits per heavy atom. The van der Waals surface area contributed by atoms with E-state index in [1.54, 1.807) is 13.8 Å². The van der Waals surface area contributed by atoms with E-state index in [2.05, 4.69) is 5.32 Å². The molecule has 0 spiro atoms. The summed E-state index contributed by atoms with van der Waals surface area (Å²) in [6.45, 7) is 3.95. The normalized spacial score (nSPS) is 12.2. The largest absolute Gasteiger partial charge is 0.461 e. The lowest BCUT2D eigenvalue weighted by atomic mass is 10.1. The molecule has 0 saturated carbocycles. The molecule has 0 aliphatic rings. The maximum atomic E-state index is 13.3. The first-order valence-corrected chi connectivity index (χ1v) is 12.0. The molecule has 2 aromatic carbocycles. The van der Waals surface area contributed by atoms with Crippen LogP contribution in [-0.2, 0) is 41.0 Å². The van der Waals surface area contributed by atoms with Crippen molar-refractivity contribution in [3.8, 4) is 0 Å². The molecule has 7 nitrogen and oxygen atoms in total. The number of carbonyl (C=O) groups excluding carboxylic acids is 2. The number of carbonyl (C=O) groups is 2. The molecule has 0 unspecified atom stereocenters. The third-order valence-corrected chi connectivity index (χ3v) is 6.86. The SMILES string of the molecule is CCOP(=O)(OCC)[C@@H](Cc1ccccc1)C(=O)NCCC(=O)OCc1ccccc1. The van der Waals surface area contributed by atoms with Crippen LogP contribution in [0.1, 0.15) is 31.4 Å². The van der Waals surface area contributed by atoms with Gasteiger partial charge < -0.3 is 19.1 Å². The van der Waals surface area contributed by atoms with Gasteiger partial charge in [0.25, 0.3) is 0 Å². The zero-order valence-electron chi connectivity index (χ0n) is 18.0. The van der Waals surface area contributed by atoms with E-state index in [0.29, 0.717) is 0 Å². The number of ether oxygens (including phenoxy) is 1. The van der Waals surface area contributed by atoms with Crippen LogP contribution in [-0.4, -0.2) is 37.3 Å². The van der Waals surface area contributed by atoms with Crippen LogP contribution < -0.4 is 5.32 Å². The molecular formula is C23H30NO6P. The summed E-state index contributed by atoms with van der Waals surface area (Å²) >= 11 is 0. The Labute approximate surface area is 183 Å². The van der Waals surface area contributed by atoms with Gasteiger partial charge >= 0.3 is 13.6 Å². The third-order valence-electron chi connectivity index (χ3n) is 4.45. The summed E-state index contributed by atoms with van der Waals surface area (Å²) in [6, 6.07) is 18.6. The summed E-state index contributed by atoms with van der Waals surface area (Å²) in [6.07, 6.45) is 0.201. The summed E-state index contributed by atoms with van der Waals surface area (Å²) in [5, 5.41) is 2.68. The van der Waals surface area contributed by atoms with Crippen LogP contribution in [0.2, 0.25) is 0 Å². The van der Waals surface area contributed by atoms with Crippen LogP contribution in [0, 0.1) is 0 Å². The highest BCUT2D eigenvalue weighted by Gasteiger charge is 2.41. The molecule has 0 aliphatic carbocycles. The molecule has 0 radical (unpaired) electrons. The van der Waals surface area contributed by atoms with Crippen molar-refractivity contribution in [1.29, 1.82) is 0 Å². The number of hydrogen-bond donors (Lipinski definition) is 1. The zero-order valence-corrected chi connectivity index (χ0v) is 18.9. The second kappa shape index (κ2) is 13.1. The van der Waals surface area contributed by atoms with E-state index in [1.165, 1.54) is 0 Å². The van der Waals surface area contributed by atoms with Crippen LogP contribution in [0.15, 0.2) is 60.7 Å². The van der Waals surface area contributed by atoms with Gasteiger partial charge in [0.1, 0.15) is 12.3 Å². The molecule has 2 rings (SSSR count). The molecule has 0 fully saturated rings. The van der Waals surface area contributed by atoms with Gasteiger partial charge in [-0.15, -0.1) is 0 Å². The average Bonchev–Trinajstić information content (AvgIpc) is 2.77. The molecule has 0 saturated heterocycles. The molecule has 0 aromatic heterocycles. The van der Waals surface area contributed by atoms with Crippen molar-refractivity contribution in [3.63, 3.8) is 0 Å². The first-order chi connectivity index (χ1) is 15.0. The van der Waals surface area contributed by atoms with E-state index in [4.69, 9.17) is 13.8 Å². The molecule has 1 amide bonds. The maximum Gasteiger partial charge on any atom is 0.343 e. The summed E-state index contributed by atoms with van der Waals surface area (Å²) in [4.78, 5) is 24.9. The zero-order chi connectivity index (χ0) is 22.5. The highest BCUT2D eigenvalue weighted by Crippen LogP contribution is 2.54. The number of amides is 1. The smallest absolute Gasteiger partial charge is 0.343 e. The van der Waals surface area contributed by atoms with E-state index >= 15 is 0 Å². The number of nitrogens with one attached hydrogen (secondary N) is 1. The van der Waals surface area contributed by atoms with Crippen molar-refractivity contribution in [2.24, 2.45) is 0 Å². The van der Waals surface area contributed by atoms with Crippen molar-refractivity contribution in [1.82, 2.24) is 5.32 Å². The predicted octanol–water partition coefficient (Wildman–Crippen LogP) is 4.11. The van der Waals surface area contributed by atoms with Gasteiger partial charge in [-0.05, 0) is 31.4 Å². The summed E-state index contributed by atoms with van der Waals surface area (Å²) in [5.41, 5.74) is 0.705. The quantitative estimate of drug-likeness (QED) is 0.367. The Bertz CT molecular complexity index is 849. The molecule has 1 atom stereocenters. The number of hydrogen-bond acceptors (Lipinski definition) is 6. The lowest BCUT2D eigenvalue weighted by Gasteiger charge is -2.25. The minimum atomic E-state index is -3.70. The molecule has 2 aromatic rings. The molecular weight excluding hydrogens is 417 g/mol. The van der Waals surface area contributed by atoms with Gasteiger partial charge in [0.05, 0.1) is 19.6 Å². The van der Waals surface area contributed by atoms with Crippen molar-refractivity contribution < 1.29 is 27.9 Å². The number of esters is 1. The molecule has 0 bridgehead atoms. The van der Waals surface area contributed by atoms with Crippen LogP contribution in [0.25, 0.3) is 0 Å². The average molecular weight is 447 g/mol. The Balaban J connectivity index is 1.96. The predicted molar refractivity (Wildman–Crippen MR) is 119 cm³/mol. The lowest BCUT2D eigenvalue weighted by Crippen LogP contribution is -2.38. The molecule has 0 heterocycles. The minimum absolute atomic E-state index is 0.00417. The number of benzene rings is 2. The van der Waals surface area contributed by atoms with Gasteiger partial charge in [-0.3, -0.25) is 14.2 Å². The fourth-order valence-electron chi connectivity index (χ4n) is 2.98. The van der Waals surface area contributed by atoms with Crippen LogP contribution >= 0.6 is 7.60 Å². The standard InChI is InChI=1S/C23H30NO6P/c1-3-29-31(27,30-4-2)21(17-19-11-7-5-8-12-19)23(26)24-16-15-22(25)28-18-20-13-9-6-10-14-20/h5-14,21H,3-4,15-18H2,1-2H3,(H,24,26)/t21-/m0/s1. The third kappa shape index (κ3) is 8.29. The fourth-order valence-corrected chi connectivity index (χ4v) is 4.95. The van der Waals surface area contributed by atoms with Crippen LogP contribution in [0.5, 0.6) is 0 Å². The van der Waals surface area contributed by atoms with Gasteiger partial charge in [-0.2, -0.15) is 0 Å². The summed E-state index contributed by atoms with van der Waals surface area (Å²) in [5.74, 6) is -0.911. The maximum absolute atomic E-state index is 13.3. The highest BCUT2D eigenvalue weighted by molar-refractivity contribution is 7.55. The van der Waals surface area contributed by atoms with Crippen LogP contribution in [0.3, 0.4) is 0 Å². The van der Waals surface area contributed by atoms with Crippen molar-refractivity contribution >= 4 is 19.5 Å². The topological polar surface area (TPSA) is 90.9 Å². The van der Waals surface area contributed by atoms with Gasteiger partial charge in [0, 0.05) is 6.54 Å². The molecule has 1 N–H and O–H groups in total. The number of rotatable bonds is 13. The summed E-state index contributed by atoms with van der Waals surface area (Å²) < 4.78 is 29.4. The van der Waals surface area contributed by atoms with Crippen LogP contribution in [0.4, 0.5) is 0 Å². The van der Waals surface area contributed by atoms with Gasteiger partial charge in [0.15, 0.2) is 0 Å². The molecule has 8 heteroatoms. The molecule has 0 aliphatic heterocycles. The lowest BCUT2D eigenvalue weighted by molar-refractivity contribution is -0.144. The Morgan fingerprint density at radius 1 is 0.903 bits per heavy atom. The van der Waals surface area contributed by atoms with E-state index in [-0.39, 0.29) is 39.2 Å².